The first kappa shape index (κ1) is 12.4. The molecule has 2 nitrogen and oxygen atoms in total. The van der Waals surface area contributed by atoms with E-state index in [9.17, 15) is 27.2 Å². The maximum atomic E-state index is 13.0. The zero-order valence-corrected chi connectivity index (χ0v) is 7.84. The summed E-state index contributed by atoms with van der Waals surface area (Å²) in [6.07, 6.45) is -4.53. The summed E-state index contributed by atoms with van der Waals surface area (Å²) >= 11 is 0. The van der Waals surface area contributed by atoms with Gasteiger partial charge in [0, 0.05) is 0 Å². The van der Waals surface area contributed by atoms with Crippen LogP contribution < -0.4 is 0 Å². The predicted molar refractivity (Wildman–Crippen MR) is 46.3 cm³/mol. The minimum absolute atomic E-state index is 0.809. The fraction of sp³-hybridized carbons (Fsp3) is 0.200. The van der Waals surface area contributed by atoms with Crippen LogP contribution in [0.15, 0.2) is 18.2 Å². The summed E-state index contributed by atoms with van der Waals surface area (Å²) in [5.41, 5.74) is -0.962. The van der Waals surface area contributed by atoms with Crippen molar-refractivity contribution < 1.29 is 27.2 Å². The Labute approximate surface area is 87.9 Å². The van der Waals surface area contributed by atoms with Crippen LogP contribution >= 0.6 is 0 Å². The van der Waals surface area contributed by atoms with Crippen molar-refractivity contribution in [2.24, 2.45) is 0 Å². The number of hydrogen-bond donors (Lipinski definition) is 0. The van der Waals surface area contributed by atoms with Gasteiger partial charge in [-0.1, -0.05) is 6.07 Å². The van der Waals surface area contributed by atoms with Crippen molar-refractivity contribution in [1.82, 2.24) is 0 Å². The molecule has 0 fully saturated rings. The van der Waals surface area contributed by atoms with E-state index in [4.69, 9.17) is 0 Å². The van der Waals surface area contributed by atoms with Crippen molar-refractivity contribution in [3.05, 3.63) is 35.4 Å². The van der Waals surface area contributed by atoms with E-state index in [-0.39, 0.29) is 0 Å². The van der Waals surface area contributed by atoms with Crippen LogP contribution in [0.3, 0.4) is 0 Å². The average molecular weight is 234 g/mol. The van der Waals surface area contributed by atoms with Gasteiger partial charge in [-0.2, -0.15) is 0 Å². The van der Waals surface area contributed by atoms with Crippen LogP contribution in [0.4, 0.5) is 17.6 Å². The summed E-state index contributed by atoms with van der Waals surface area (Å²) in [5.74, 6) is -5.30. The summed E-state index contributed by atoms with van der Waals surface area (Å²) in [6.45, 7) is 0. The fourth-order valence-corrected chi connectivity index (χ4v) is 1.09. The topological polar surface area (TPSA) is 34.1 Å². The third kappa shape index (κ3) is 2.65. The molecule has 0 aliphatic carbocycles. The normalized spacial score (nSPS) is 10.6. The summed E-state index contributed by atoms with van der Waals surface area (Å²) < 4.78 is 49.6. The van der Waals surface area contributed by atoms with Crippen LogP contribution in [0.25, 0.3) is 0 Å². The molecule has 0 heterocycles. The fourth-order valence-electron chi connectivity index (χ4n) is 1.09. The number of carbonyl (C=O) groups is 2. The molecule has 1 aromatic carbocycles. The van der Waals surface area contributed by atoms with Gasteiger partial charge in [0.15, 0.2) is 5.78 Å². The maximum absolute atomic E-state index is 13.0. The first-order valence-electron chi connectivity index (χ1n) is 4.21. The molecule has 1 rings (SSSR count). The highest BCUT2D eigenvalue weighted by molar-refractivity contribution is 6.09. The van der Waals surface area contributed by atoms with Gasteiger partial charge in [-0.25, -0.2) is 17.6 Å². The summed E-state index contributed by atoms with van der Waals surface area (Å²) in [7, 11) is 0. The van der Waals surface area contributed by atoms with Crippen molar-refractivity contribution in [3.63, 3.8) is 0 Å². The van der Waals surface area contributed by atoms with E-state index in [2.05, 4.69) is 0 Å². The standard InChI is InChI=1S/C10H6F4O2/c11-5-2-1-3-6(12)9(5)7(15)4-8(16)10(13)14/h1-3,10H,4H2. The van der Waals surface area contributed by atoms with E-state index in [0.717, 1.165) is 18.2 Å². The molecule has 0 aromatic heterocycles. The van der Waals surface area contributed by atoms with Gasteiger partial charge in [-0.3, -0.25) is 9.59 Å². The van der Waals surface area contributed by atoms with Gasteiger partial charge >= 0.3 is 0 Å². The molecule has 0 atom stereocenters. The molecule has 0 spiro atoms. The Hall–Kier alpha value is -1.72. The molecule has 0 amide bonds. The van der Waals surface area contributed by atoms with Gasteiger partial charge in [0.2, 0.25) is 5.78 Å². The molecule has 0 radical (unpaired) electrons. The van der Waals surface area contributed by atoms with Crippen molar-refractivity contribution >= 4 is 11.6 Å². The van der Waals surface area contributed by atoms with E-state index in [1.54, 1.807) is 0 Å². The van der Waals surface area contributed by atoms with Gasteiger partial charge in [-0.05, 0) is 12.1 Å². The van der Waals surface area contributed by atoms with Crippen LogP contribution in [-0.4, -0.2) is 18.0 Å². The van der Waals surface area contributed by atoms with Crippen molar-refractivity contribution in [1.29, 1.82) is 0 Å². The predicted octanol–water partition coefficient (Wildman–Crippen LogP) is 2.37. The molecular formula is C10H6F4O2. The Morgan fingerprint density at radius 1 is 1.12 bits per heavy atom. The highest BCUT2D eigenvalue weighted by atomic mass is 19.3. The monoisotopic (exact) mass is 234 g/mol. The van der Waals surface area contributed by atoms with Crippen LogP contribution in [0, 0.1) is 11.6 Å². The Bertz CT molecular complexity index is 409. The van der Waals surface area contributed by atoms with Crippen LogP contribution in [0.2, 0.25) is 0 Å². The number of carbonyl (C=O) groups excluding carboxylic acids is 2. The summed E-state index contributed by atoms with van der Waals surface area (Å²) in [5, 5.41) is 0. The van der Waals surface area contributed by atoms with Gasteiger partial charge in [0.25, 0.3) is 6.43 Å². The molecule has 1 aromatic rings. The lowest BCUT2D eigenvalue weighted by molar-refractivity contribution is -0.128. The molecule has 0 saturated carbocycles. The number of halogens is 4. The van der Waals surface area contributed by atoms with Crippen molar-refractivity contribution in [2.75, 3.05) is 0 Å². The Morgan fingerprint density at radius 3 is 2.06 bits per heavy atom. The molecule has 0 N–H and O–H groups in total. The number of ketones is 2. The SMILES string of the molecule is O=C(CC(=O)C(F)F)c1c(F)cccc1F. The lowest BCUT2D eigenvalue weighted by Crippen LogP contribution is -2.17. The highest BCUT2D eigenvalue weighted by Gasteiger charge is 2.24. The number of Topliss-reactive ketones (excluding diaryl/α,β-unsaturated/α-hetero) is 2. The summed E-state index contributed by atoms with van der Waals surface area (Å²) in [4.78, 5) is 21.7. The van der Waals surface area contributed by atoms with Gasteiger partial charge < -0.3 is 0 Å². The number of rotatable bonds is 4. The molecule has 0 unspecified atom stereocenters. The Morgan fingerprint density at radius 2 is 1.62 bits per heavy atom. The van der Waals surface area contributed by atoms with Crippen LogP contribution in [-0.2, 0) is 4.79 Å². The first-order chi connectivity index (χ1) is 7.43. The Kier molecular flexibility index (Phi) is 3.76. The minimum atomic E-state index is -3.32. The molecule has 0 aliphatic heterocycles. The highest BCUT2D eigenvalue weighted by Crippen LogP contribution is 2.15. The van der Waals surface area contributed by atoms with Gasteiger partial charge in [0.1, 0.15) is 11.6 Å². The Balaban J connectivity index is 2.93. The maximum Gasteiger partial charge on any atom is 0.296 e. The van der Waals surface area contributed by atoms with Gasteiger partial charge in [0.05, 0.1) is 12.0 Å². The number of alkyl halides is 2. The molecular weight excluding hydrogens is 228 g/mol. The lowest BCUT2D eigenvalue weighted by Gasteiger charge is -2.03. The lowest BCUT2D eigenvalue weighted by atomic mass is 10.0. The van der Waals surface area contributed by atoms with E-state index >= 15 is 0 Å². The second kappa shape index (κ2) is 4.87. The number of benzene rings is 1. The summed E-state index contributed by atoms with van der Waals surface area (Å²) in [6, 6.07) is 2.64. The largest absolute Gasteiger partial charge is 0.296 e. The number of hydrogen-bond acceptors (Lipinski definition) is 2. The van der Waals surface area contributed by atoms with E-state index in [0.29, 0.717) is 0 Å². The molecule has 0 saturated heterocycles. The van der Waals surface area contributed by atoms with Crippen LogP contribution in [0.5, 0.6) is 0 Å². The van der Waals surface area contributed by atoms with Crippen molar-refractivity contribution in [2.45, 2.75) is 12.8 Å². The molecule has 0 aliphatic rings. The second-order valence-corrected chi connectivity index (χ2v) is 2.96. The zero-order valence-electron chi connectivity index (χ0n) is 7.84. The van der Waals surface area contributed by atoms with Crippen molar-refractivity contribution in [3.8, 4) is 0 Å². The molecule has 86 valence electrons. The second-order valence-electron chi connectivity index (χ2n) is 2.96. The van der Waals surface area contributed by atoms with E-state index in [1.165, 1.54) is 0 Å². The van der Waals surface area contributed by atoms with E-state index in [1.807, 2.05) is 0 Å². The first-order valence-corrected chi connectivity index (χ1v) is 4.21. The van der Waals surface area contributed by atoms with Crippen LogP contribution in [0.1, 0.15) is 16.8 Å². The van der Waals surface area contributed by atoms with E-state index < -0.39 is 41.6 Å². The average Bonchev–Trinajstić information content (AvgIpc) is 2.16. The zero-order chi connectivity index (χ0) is 12.3. The third-order valence-electron chi connectivity index (χ3n) is 1.82. The molecule has 6 heteroatoms. The third-order valence-corrected chi connectivity index (χ3v) is 1.82. The molecule has 16 heavy (non-hydrogen) atoms. The quantitative estimate of drug-likeness (QED) is 0.455. The smallest absolute Gasteiger partial charge is 0.293 e. The molecule has 0 bridgehead atoms. The van der Waals surface area contributed by atoms with Gasteiger partial charge in [-0.15, -0.1) is 0 Å². The minimum Gasteiger partial charge on any atom is -0.293 e.